The summed E-state index contributed by atoms with van der Waals surface area (Å²) in [6.45, 7) is 0. The Morgan fingerprint density at radius 3 is 1.38 bits per heavy atom. The smallest absolute Gasteiger partial charge is 0.394 e. The van der Waals surface area contributed by atoms with Crippen LogP contribution in [0, 0.1) is 0 Å². The summed E-state index contributed by atoms with van der Waals surface area (Å²) in [6.07, 6.45) is 0. The number of phosphoric acid groups is 1. The van der Waals surface area contributed by atoms with Gasteiger partial charge in [-0.2, -0.15) is 4.08 Å². The Morgan fingerprint density at radius 1 is 0.731 bits per heavy atom. The number of hydrogen-bond acceptors (Lipinski definition) is 4. The second kappa shape index (κ2) is 9.47. The highest BCUT2D eigenvalue weighted by molar-refractivity contribution is 9.39. The van der Waals surface area contributed by atoms with E-state index in [-0.39, 0.29) is 11.5 Å². The molecule has 0 amide bonds. The highest BCUT2D eigenvalue weighted by atomic mass is 80.0. The predicted octanol–water partition coefficient (Wildman–Crippen LogP) is 9.01. The molecule has 0 unspecified atom stereocenters. The lowest BCUT2D eigenvalue weighted by Gasteiger charge is -2.23. The van der Waals surface area contributed by atoms with E-state index in [4.69, 9.17) is 20.9 Å². The largest absolute Gasteiger partial charge is 0.604 e. The number of phosphoric ester groups is 1. The first-order valence-corrected chi connectivity index (χ1v) is 13.1. The van der Waals surface area contributed by atoms with Gasteiger partial charge in [-0.15, -0.1) is 0 Å². The van der Waals surface area contributed by atoms with E-state index >= 15 is 0 Å². The van der Waals surface area contributed by atoms with Crippen molar-refractivity contribution in [3.05, 3.63) is 59.7 Å². The number of rotatable bonds is 5. The second-order valence-electron chi connectivity index (χ2n) is 4.69. The third-order valence-electron chi connectivity index (χ3n) is 2.89. The van der Waals surface area contributed by atoms with E-state index in [1.807, 2.05) is 0 Å². The predicted molar refractivity (Wildman–Crippen MR) is 126 cm³/mol. The minimum atomic E-state index is -4.20. The van der Waals surface area contributed by atoms with Gasteiger partial charge in [0.1, 0.15) is 11.5 Å². The van der Waals surface area contributed by atoms with Crippen LogP contribution in [0.25, 0.3) is 0 Å². The molecule has 0 heterocycles. The van der Waals surface area contributed by atoms with Gasteiger partial charge in [0.2, 0.25) is 0 Å². The number of alkyl halides is 6. The summed E-state index contributed by atoms with van der Waals surface area (Å²) in [6, 6.07) is 13.7. The Hall–Kier alpha value is 1.40. The fraction of sp³-hybridized carbons (Fsp3) is 0.143. The summed E-state index contributed by atoms with van der Waals surface area (Å²) in [7, 11) is -4.20. The Labute approximate surface area is 206 Å². The van der Waals surface area contributed by atoms with Crippen molar-refractivity contribution in [2.24, 2.45) is 0 Å². The van der Waals surface area contributed by atoms with Gasteiger partial charge in [-0.1, -0.05) is 132 Å². The zero-order valence-electron chi connectivity index (χ0n) is 12.3. The van der Waals surface area contributed by atoms with Crippen LogP contribution in [-0.4, -0.2) is 0 Å². The molecule has 4 nitrogen and oxygen atoms in total. The van der Waals surface area contributed by atoms with E-state index in [1.54, 1.807) is 48.5 Å². The van der Waals surface area contributed by atoms with Crippen molar-refractivity contribution in [2.45, 2.75) is 4.29 Å². The quantitative estimate of drug-likeness (QED) is 0.224. The van der Waals surface area contributed by atoms with Crippen molar-refractivity contribution in [1.82, 2.24) is 0 Å². The summed E-state index contributed by atoms with van der Waals surface area (Å²) < 4.78 is 27.0. The van der Waals surface area contributed by atoms with Gasteiger partial charge in [0.25, 0.3) is 0 Å². The topological polar surface area (TPSA) is 44.8 Å². The maximum absolute atomic E-state index is 13.0. The van der Waals surface area contributed by atoms with E-state index < -0.39 is 12.1 Å². The van der Waals surface area contributed by atoms with Gasteiger partial charge in [0, 0.05) is 11.1 Å². The first-order valence-electron chi connectivity index (χ1n) is 6.58. The first-order chi connectivity index (χ1) is 12.0. The standard InChI is InChI=1S/C14H8Br6ClO4P/c15-13(16,17)9-5-1-3-7-11(9)23-26(22,25-21)24-12-8-4-2-6-10(12)14(18,19)20/h1-8H. The van der Waals surface area contributed by atoms with E-state index in [0.717, 1.165) is 0 Å². The molecule has 0 saturated heterocycles. The van der Waals surface area contributed by atoms with E-state index in [0.29, 0.717) is 11.1 Å². The van der Waals surface area contributed by atoms with E-state index in [2.05, 4.69) is 99.7 Å². The molecule has 12 heteroatoms. The number of halogens is 7. The van der Waals surface area contributed by atoms with Gasteiger partial charge in [-0.25, -0.2) is 4.57 Å². The van der Waals surface area contributed by atoms with Gasteiger partial charge in [0.15, 0.2) is 4.29 Å². The van der Waals surface area contributed by atoms with Crippen molar-refractivity contribution in [2.75, 3.05) is 0 Å². The lowest BCUT2D eigenvalue weighted by Crippen LogP contribution is -2.08. The first kappa shape index (κ1) is 23.7. The summed E-state index contributed by atoms with van der Waals surface area (Å²) in [5.41, 5.74) is 1.20. The molecule has 142 valence electrons. The molecule has 0 radical (unpaired) electrons. The molecule has 0 aromatic heterocycles. The summed E-state index contributed by atoms with van der Waals surface area (Å²) in [4.78, 5) is 0. The molecule has 2 rings (SSSR count). The molecule has 0 aliphatic heterocycles. The maximum Gasteiger partial charge on any atom is 0.604 e. The highest BCUT2D eigenvalue weighted by Gasteiger charge is 2.37. The zero-order chi connectivity index (χ0) is 19.6. The molecular weight excluding hydrogens is 778 g/mol. The average molecular weight is 786 g/mol. The van der Waals surface area contributed by atoms with Crippen LogP contribution in [0.2, 0.25) is 0 Å². The summed E-state index contributed by atoms with van der Waals surface area (Å²) in [5, 5.41) is 0. The molecule has 0 N–H and O–H groups in total. The van der Waals surface area contributed by atoms with Gasteiger partial charge in [-0.3, -0.25) is 0 Å². The van der Waals surface area contributed by atoms with Crippen LogP contribution < -0.4 is 9.05 Å². The minimum absolute atomic E-state index is 0.238. The molecule has 0 saturated carbocycles. The molecule has 2 aromatic rings. The van der Waals surface area contributed by atoms with Crippen molar-refractivity contribution >= 4 is 115 Å². The van der Waals surface area contributed by atoms with Crippen molar-refractivity contribution in [3.8, 4) is 11.5 Å². The number of benzene rings is 2. The van der Waals surface area contributed by atoms with Crippen LogP contribution in [0.1, 0.15) is 11.1 Å². The van der Waals surface area contributed by atoms with Crippen molar-refractivity contribution < 1.29 is 17.7 Å². The summed E-state index contributed by atoms with van der Waals surface area (Å²) in [5.74, 6) is 0.477. The fourth-order valence-electron chi connectivity index (χ4n) is 1.85. The van der Waals surface area contributed by atoms with E-state index in [1.165, 1.54) is 0 Å². The molecular formula is C14H8Br6ClO4P. The Morgan fingerprint density at radius 2 is 1.08 bits per heavy atom. The van der Waals surface area contributed by atoms with Crippen LogP contribution in [0.15, 0.2) is 48.5 Å². The third kappa shape index (κ3) is 6.46. The molecule has 0 bridgehead atoms. The molecule has 2 aromatic carbocycles. The summed E-state index contributed by atoms with van der Waals surface area (Å²) >= 11 is 25.9. The lowest BCUT2D eigenvalue weighted by atomic mass is 10.2. The van der Waals surface area contributed by atoms with Crippen LogP contribution in [-0.2, 0) is 12.9 Å². The SMILES string of the molecule is O=P(OCl)(Oc1ccccc1C(Br)(Br)Br)Oc1ccccc1C(Br)(Br)Br. The second-order valence-corrected chi connectivity index (χ2v) is 20.0. The average Bonchev–Trinajstić information content (AvgIpc) is 2.54. The van der Waals surface area contributed by atoms with E-state index in [9.17, 15) is 4.57 Å². The molecule has 0 aliphatic carbocycles. The van der Waals surface area contributed by atoms with Gasteiger partial charge < -0.3 is 9.05 Å². The Kier molecular flexibility index (Phi) is 8.63. The Bertz CT molecular complexity index is 760. The van der Waals surface area contributed by atoms with Crippen LogP contribution in [0.5, 0.6) is 11.5 Å². The van der Waals surface area contributed by atoms with Crippen LogP contribution >= 0.6 is 115 Å². The monoisotopic (exact) mass is 779 g/mol. The van der Waals surface area contributed by atoms with Crippen LogP contribution in [0.4, 0.5) is 0 Å². The molecule has 0 atom stereocenters. The van der Waals surface area contributed by atoms with Gasteiger partial charge in [0.05, 0.1) is 11.9 Å². The molecule has 0 spiro atoms. The molecule has 0 aliphatic rings. The maximum atomic E-state index is 13.0. The van der Waals surface area contributed by atoms with Gasteiger partial charge >= 0.3 is 7.82 Å². The van der Waals surface area contributed by atoms with Crippen LogP contribution in [0.3, 0.4) is 0 Å². The number of hydrogen-bond donors (Lipinski definition) is 0. The molecule has 26 heavy (non-hydrogen) atoms. The Balaban J connectivity index is 2.39. The normalized spacial score (nSPS) is 12.7. The molecule has 0 fully saturated rings. The highest BCUT2D eigenvalue weighted by Crippen LogP contribution is 2.57. The third-order valence-corrected chi connectivity index (χ3v) is 6.97. The number of para-hydroxylation sites is 2. The lowest BCUT2D eigenvalue weighted by molar-refractivity contribution is 0.306. The fourth-order valence-corrected chi connectivity index (χ4v) is 4.88. The van der Waals surface area contributed by atoms with Crippen molar-refractivity contribution in [3.63, 3.8) is 0 Å². The minimum Gasteiger partial charge on any atom is -0.394 e. The zero-order valence-corrected chi connectivity index (χ0v) is 23.5. The van der Waals surface area contributed by atoms with Gasteiger partial charge in [-0.05, 0) is 12.1 Å². The van der Waals surface area contributed by atoms with Crippen molar-refractivity contribution in [1.29, 1.82) is 0 Å².